The van der Waals surface area contributed by atoms with Crippen molar-refractivity contribution in [3.63, 3.8) is 0 Å². The molecule has 3 heteroatoms. The number of hydrogen-bond acceptors (Lipinski definition) is 2. The van der Waals surface area contributed by atoms with Crippen molar-refractivity contribution in [3.8, 4) is 0 Å². The number of hydrogen-bond donors (Lipinski definition) is 0. The fraction of sp³-hybridized carbons (Fsp3) is 0.571. The van der Waals surface area contributed by atoms with E-state index in [4.69, 9.17) is 0 Å². The maximum Gasteiger partial charge on any atom is 0.0355 e. The van der Waals surface area contributed by atoms with Crippen molar-refractivity contribution < 1.29 is 0 Å². The first kappa shape index (κ1) is 11.7. The molecule has 0 bridgehead atoms. The van der Waals surface area contributed by atoms with Crippen LogP contribution in [-0.2, 0) is 6.42 Å². The SMILES string of the molecule is CN1CCN(C2CCc3ccc(Br)cc32)CC1. The highest BCUT2D eigenvalue weighted by molar-refractivity contribution is 9.10. The number of aryl methyl sites for hydroxylation is 1. The molecule has 1 aromatic carbocycles. The molecular formula is C14H19BrN2. The maximum absolute atomic E-state index is 3.60. The average Bonchev–Trinajstić information content (AvgIpc) is 2.73. The largest absolute Gasteiger partial charge is 0.304 e. The average molecular weight is 295 g/mol. The summed E-state index contributed by atoms with van der Waals surface area (Å²) < 4.78 is 1.22. The van der Waals surface area contributed by atoms with Crippen LogP contribution in [0.15, 0.2) is 22.7 Å². The Morgan fingerprint density at radius 2 is 1.94 bits per heavy atom. The van der Waals surface area contributed by atoms with Gasteiger partial charge in [0.15, 0.2) is 0 Å². The zero-order chi connectivity index (χ0) is 11.8. The molecule has 92 valence electrons. The van der Waals surface area contributed by atoms with E-state index in [0.29, 0.717) is 6.04 Å². The lowest BCUT2D eigenvalue weighted by atomic mass is 10.1. The molecule has 3 rings (SSSR count). The topological polar surface area (TPSA) is 6.48 Å². The number of benzene rings is 1. The molecule has 1 atom stereocenters. The van der Waals surface area contributed by atoms with E-state index in [0.717, 1.165) is 0 Å². The molecule has 17 heavy (non-hydrogen) atoms. The third-order valence-corrected chi connectivity index (χ3v) is 4.63. The molecule has 1 unspecified atom stereocenters. The minimum absolute atomic E-state index is 0.663. The fourth-order valence-electron chi connectivity index (χ4n) is 3.06. The van der Waals surface area contributed by atoms with Crippen LogP contribution in [-0.4, -0.2) is 43.0 Å². The van der Waals surface area contributed by atoms with E-state index in [1.807, 2.05) is 0 Å². The Hall–Kier alpha value is -0.380. The molecule has 0 aromatic heterocycles. The standard InChI is InChI=1S/C14H19BrN2/c1-16-6-8-17(9-7-16)14-5-3-11-2-4-12(15)10-13(11)14/h2,4,10,14H,3,5-9H2,1H3. The minimum Gasteiger partial charge on any atom is -0.304 e. The van der Waals surface area contributed by atoms with Crippen molar-refractivity contribution in [2.24, 2.45) is 0 Å². The van der Waals surface area contributed by atoms with E-state index < -0.39 is 0 Å². The van der Waals surface area contributed by atoms with Crippen molar-refractivity contribution in [2.75, 3.05) is 33.2 Å². The van der Waals surface area contributed by atoms with Gasteiger partial charge in [-0.2, -0.15) is 0 Å². The Labute approximate surface area is 112 Å². The highest BCUT2D eigenvalue weighted by Gasteiger charge is 2.29. The van der Waals surface area contributed by atoms with Crippen molar-refractivity contribution >= 4 is 15.9 Å². The summed E-state index contributed by atoms with van der Waals surface area (Å²) in [6, 6.07) is 7.45. The normalized spacial score (nSPS) is 26.1. The van der Waals surface area contributed by atoms with Crippen LogP contribution in [0.25, 0.3) is 0 Å². The molecule has 0 N–H and O–H groups in total. The van der Waals surface area contributed by atoms with Gasteiger partial charge < -0.3 is 4.90 Å². The Balaban J connectivity index is 1.81. The molecule has 1 fully saturated rings. The number of nitrogens with zero attached hydrogens (tertiary/aromatic N) is 2. The fourth-order valence-corrected chi connectivity index (χ4v) is 3.44. The molecule has 0 spiro atoms. The zero-order valence-electron chi connectivity index (χ0n) is 10.3. The molecule has 0 radical (unpaired) electrons. The van der Waals surface area contributed by atoms with E-state index in [1.54, 1.807) is 11.1 Å². The second-order valence-electron chi connectivity index (χ2n) is 5.24. The number of piperazine rings is 1. The van der Waals surface area contributed by atoms with Crippen molar-refractivity contribution in [1.82, 2.24) is 9.80 Å². The van der Waals surface area contributed by atoms with E-state index in [-0.39, 0.29) is 0 Å². The number of fused-ring (bicyclic) bond motifs is 1. The van der Waals surface area contributed by atoms with Gasteiger partial charge in [0, 0.05) is 36.7 Å². The predicted molar refractivity (Wildman–Crippen MR) is 74.3 cm³/mol. The van der Waals surface area contributed by atoms with Gasteiger partial charge >= 0.3 is 0 Å². The quantitative estimate of drug-likeness (QED) is 0.786. The number of rotatable bonds is 1. The van der Waals surface area contributed by atoms with Gasteiger partial charge in [-0.05, 0) is 43.1 Å². The molecular weight excluding hydrogens is 276 g/mol. The van der Waals surface area contributed by atoms with Crippen LogP contribution < -0.4 is 0 Å². The van der Waals surface area contributed by atoms with Crippen molar-refractivity contribution in [1.29, 1.82) is 0 Å². The lowest BCUT2D eigenvalue weighted by Gasteiger charge is -2.36. The molecule has 2 nitrogen and oxygen atoms in total. The van der Waals surface area contributed by atoms with Gasteiger partial charge in [-0.15, -0.1) is 0 Å². The highest BCUT2D eigenvalue weighted by Crippen LogP contribution is 2.37. The smallest absolute Gasteiger partial charge is 0.0355 e. The first-order valence-corrected chi connectivity index (χ1v) is 7.24. The molecule has 0 amide bonds. The summed E-state index contributed by atoms with van der Waals surface area (Å²) in [5.74, 6) is 0. The lowest BCUT2D eigenvalue weighted by Crippen LogP contribution is -2.45. The summed E-state index contributed by atoms with van der Waals surface area (Å²) in [4.78, 5) is 5.09. The summed E-state index contributed by atoms with van der Waals surface area (Å²) in [5, 5.41) is 0. The first-order chi connectivity index (χ1) is 8.24. The molecule has 2 aliphatic rings. The summed E-state index contributed by atoms with van der Waals surface area (Å²) in [5.41, 5.74) is 3.11. The van der Waals surface area contributed by atoms with Crippen LogP contribution in [0.4, 0.5) is 0 Å². The van der Waals surface area contributed by atoms with Crippen LogP contribution in [0.1, 0.15) is 23.6 Å². The van der Waals surface area contributed by atoms with Gasteiger partial charge in [-0.1, -0.05) is 22.0 Å². The zero-order valence-corrected chi connectivity index (χ0v) is 11.9. The minimum atomic E-state index is 0.663. The van der Waals surface area contributed by atoms with Gasteiger partial charge in [0.25, 0.3) is 0 Å². The number of halogens is 1. The lowest BCUT2D eigenvalue weighted by molar-refractivity contribution is 0.111. The monoisotopic (exact) mass is 294 g/mol. The van der Waals surface area contributed by atoms with Crippen molar-refractivity contribution in [2.45, 2.75) is 18.9 Å². The molecule has 1 heterocycles. The Morgan fingerprint density at radius 3 is 2.71 bits per heavy atom. The summed E-state index contributed by atoms with van der Waals surface area (Å²) in [6.45, 7) is 4.85. The third-order valence-electron chi connectivity index (χ3n) is 4.13. The van der Waals surface area contributed by atoms with Gasteiger partial charge in [0.05, 0.1) is 0 Å². The Bertz CT molecular complexity index is 411. The van der Waals surface area contributed by atoms with E-state index >= 15 is 0 Å². The van der Waals surface area contributed by atoms with E-state index in [9.17, 15) is 0 Å². The summed E-state index contributed by atoms with van der Waals surface area (Å²) in [6.07, 6.45) is 2.55. The van der Waals surface area contributed by atoms with Crippen LogP contribution in [0, 0.1) is 0 Å². The van der Waals surface area contributed by atoms with E-state index in [2.05, 4.69) is 51.0 Å². The second kappa shape index (κ2) is 4.71. The van der Waals surface area contributed by atoms with Gasteiger partial charge in [-0.3, -0.25) is 4.90 Å². The van der Waals surface area contributed by atoms with Crippen LogP contribution in [0.2, 0.25) is 0 Å². The molecule has 1 aliphatic heterocycles. The molecule has 1 aliphatic carbocycles. The maximum atomic E-state index is 3.60. The molecule has 1 aromatic rings. The van der Waals surface area contributed by atoms with E-state index in [1.165, 1.54) is 43.5 Å². The molecule has 0 saturated carbocycles. The predicted octanol–water partition coefficient (Wildman–Crippen LogP) is 2.68. The van der Waals surface area contributed by atoms with Crippen LogP contribution >= 0.6 is 15.9 Å². The summed E-state index contributed by atoms with van der Waals surface area (Å²) in [7, 11) is 2.22. The van der Waals surface area contributed by atoms with Gasteiger partial charge in [-0.25, -0.2) is 0 Å². The van der Waals surface area contributed by atoms with Crippen LogP contribution in [0.5, 0.6) is 0 Å². The Morgan fingerprint density at radius 1 is 1.18 bits per heavy atom. The Kier molecular flexibility index (Phi) is 3.24. The first-order valence-electron chi connectivity index (χ1n) is 6.45. The van der Waals surface area contributed by atoms with Crippen molar-refractivity contribution in [3.05, 3.63) is 33.8 Å². The second-order valence-corrected chi connectivity index (χ2v) is 6.15. The molecule has 1 saturated heterocycles. The van der Waals surface area contributed by atoms with Crippen LogP contribution in [0.3, 0.4) is 0 Å². The summed E-state index contributed by atoms with van der Waals surface area (Å²) >= 11 is 3.60. The highest BCUT2D eigenvalue weighted by atomic mass is 79.9. The third kappa shape index (κ3) is 2.28. The number of likely N-dealkylation sites (N-methyl/N-ethyl adjacent to an activating group) is 1. The van der Waals surface area contributed by atoms with Gasteiger partial charge in [0.1, 0.15) is 0 Å². The van der Waals surface area contributed by atoms with Gasteiger partial charge in [0.2, 0.25) is 0 Å².